The second kappa shape index (κ2) is 8.61. The predicted octanol–water partition coefficient (Wildman–Crippen LogP) is 2.88. The van der Waals surface area contributed by atoms with Crippen molar-refractivity contribution in [2.45, 2.75) is 57.4 Å². The first-order valence-electron chi connectivity index (χ1n) is 9.25. The van der Waals surface area contributed by atoms with E-state index in [1.807, 2.05) is 16.9 Å². The van der Waals surface area contributed by atoms with Crippen molar-refractivity contribution < 1.29 is 9.84 Å². The van der Waals surface area contributed by atoms with Gasteiger partial charge in [0.05, 0.1) is 24.9 Å². The highest BCUT2D eigenvalue weighted by Crippen LogP contribution is 2.32. The fourth-order valence-electron chi connectivity index (χ4n) is 3.41. The molecular weight excluding hydrogens is 314 g/mol. The third kappa shape index (κ3) is 4.69. The fraction of sp³-hybridized carbons (Fsp3) is 0.550. The Balaban J connectivity index is 1.43. The average Bonchev–Trinajstić information content (AvgIpc) is 3.18. The first-order chi connectivity index (χ1) is 12.1. The van der Waals surface area contributed by atoms with Crippen molar-refractivity contribution in [3.63, 3.8) is 0 Å². The molecule has 5 nitrogen and oxygen atoms in total. The molecule has 1 aliphatic rings. The molecular formula is C20H29N3O2. The van der Waals surface area contributed by atoms with E-state index in [9.17, 15) is 5.11 Å². The van der Waals surface area contributed by atoms with Gasteiger partial charge in [-0.05, 0) is 50.3 Å². The quantitative estimate of drug-likeness (QED) is 0.774. The van der Waals surface area contributed by atoms with Gasteiger partial charge in [0.2, 0.25) is 0 Å². The topological polar surface area (TPSA) is 59.3 Å². The van der Waals surface area contributed by atoms with Crippen molar-refractivity contribution in [1.29, 1.82) is 0 Å². The van der Waals surface area contributed by atoms with E-state index in [-0.39, 0.29) is 18.2 Å². The number of aromatic nitrogens is 2. The van der Waals surface area contributed by atoms with Gasteiger partial charge in [-0.15, -0.1) is 0 Å². The van der Waals surface area contributed by atoms with Crippen LogP contribution in [-0.2, 0) is 11.2 Å². The lowest BCUT2D eigenvalue weighted by atomic mass is 9.89. The number of nitrogens with one attached hydrogen (secondary N) is 1. The van der Waals surface area contributed by atoms with Crippen LogP contribution in [0.5, 0.6) is 0 Å². The number of hydrogen-bond donors (Lipinski definition) is 2. The monoisotopic (exact) mass is 343 g/mol. The molecule has 0 spiro atoms. The van der Waals surface area contributed by atoms with Crippen molar-refractivity contribution in [1.82, 2.24) is 15.1 Å². The fourth-order valence-corrected chi connectivity index (χ4v) is 3.41. The second-order valence-corrected chi connectivity index (χ2v) is 6.99. The molecule has 2 N–H and O–H groups in total. The summed E-state index contributed by atoms with van der Waals surface area (Å²) in [6, 6.07) is 10.9. The molecule has 5 heteroatoms. The summed E-state index contributed by atoms with van der Waals surface area (Å²) in [5.74, 6) is 0. The van der Waals surface area contributed by atoms with E-state index in [0.29, 0.717) is 13.2 Å². The lowest BCUT2D eigenvalue weighted by Gasteiger charge is -2.27. The average molecular weight is 343 g/mol. The molecule has 0 saturated heterocycles. The standard InChI is InChI=1S/C20H29N3O2/c1-15(16(2)23-12-6-11-22-23)21-13-18(24)14-25-20-10-5-8-17-7-3-4-9-19(17)20/h3-4,6-7,9,11-12,15-16,18,20-21,24H,5,8,10,13-14H2,1-2H3/t15-,16-,18-,20-/m0/s1. The maximum absolute atomic E-state index is 10.3. The van der Waals surface area contributed by atoms with Crippen molar-refractivity contribution in [3.8, 4) is 0 Å². The van der Waals surface area contributed by atoms with Crippen LogP contribution in [0.2, 0.25) is 0 Å². The first-order valence-corrected chi connectivity index (χ1v) is 9.25. The van der Waals surface area contributed by atoms with Gasteiger partial charge in [-0.2, -0.15) is 5.10 Å². The summed E-state index contributed by atoms with van der Waals surface area (Å²) in [4.78, 5) is 0. The maximum Gasteiger partial charge on any atom is 0.0898 e. The Labute approximate surface area is 150 Å². The lowest BCUT2D eigenvalue weighted by Crippen LogP contribution is -2.40. The number of benzene rings is 1. The number of rotatable bonds is 8. The summed E-state index contributed by atoms with van der Waals surface area (Å²) in [7, 11) is 0. The molecule has 1 aliphatic carbocycles. The minimum absolute atomic E-state index is 0.111. The Morgan fingerprint density at radius 3 is 2.96 bits per heavy atom. The lowest BCUT2D eigenvalue weighted by molar-refractivity contribution is -0.0176. The Kier molecular flexibility index (Phi) is 6.24. The molecule has 25 heavy (non-hydrogen) atoms. The molecule has 1 heterocycles. The number of aryl methyl sites for hydroxylation is 1. The molecule has 0 bridgehead atoms. The third-order valence-electron chi connectivity index (χ3n) is 5.15. The van der Waals surface area contributed by atoms with Gasteiger partial charge in [-0.3, -0.25) is 4.68 Å². The van der Waals surface area contributed by atoms with E-state index < -0.39 is 6.10 Å². The zero-order valence-electron chi connectivity index (χ0n) is 15.1. The zero-order chi connectivity index (χ0) is 17.6. The number of ether oxygens (including phenoxy) is 1. The van der Waals surface area contributed by atoms with Crippen LogP contribution in [-0.4, -0.2) is 40.2 Å². The minimum Gasteiger partial charge on any atom is -0.389 e. The summed E-state index contributed by atoms with van der Waals surface area (Å²) in [6.45, 7) is 5.10. The van der Waals surface area contributed by atoms with Crippen LogP contribution in [0.4, 0.5) is 0 Å². The number of aliphatic hydroxyl groups excluding tert-OH is 1. The van der Waals surface area contributed by atoms with Gasteiger partial charge >= 0.3 is 0 Å². The molecule has 1 aromatic heterocycles. The van der Waals surface area contributed by atoms with Crippen molar-refractivity contribution in [2.24, 2.45) is 0 Å². The van der Waals surface area contributed by atoms with Gasteiger partial charge in [-0.25, -0.2) is 0 Å². The van der Waals surface area contributed by atoms with Crippen LogP contribution in [0.1, 0.15) is 50.0 Å². The van der Waals surface area contributed by atoms with Crippen molar-refractivity contribution >= 4 is 0 Å². The summed E-state index contributed by atoms with van der Waals surface area (Å²) >= 11 is 0. The van der Waals surface area contributed by atoms with Crippen LogP contribution in [0.25, 0.3) is 0 Å². The van der Waals surface area contributed by atoms with E-state index in [1.54, 1.807) is 6.20 Å². The largest absolute Gasteiger partial charge is 0.389 e. The molecule has 0 fully saturated rings. The summed E-state index contributed by atoms with van der Waals surface area (Å²) < 4.78 is 7.96. The van der Waals surface area contributed by atoms with Gasteiger partial charge in [0.1, 0.15) is 0 Å². The summed E-state index contributed by atoms with van der Waals surface area (Å²) in [5, 5.41) is 17.9. The van der Waals surface area contributed by atoms with Crippen molar-refractivity contribution in [2.75, 3.05) is 13.2 Å². The minimum atomic E-state index is -0.513. The molecule has 1 aromatic carbocycles. The zero-order valence-corrected chi connectivity index (χ0v) is 15.1. The van der Waals surface area contributed by atoms with E-state index in [2.05, 4.69) is 48.5 Å². The molecule has 0 aliphatic heterocycles. The summed E-state index contributed by atoms with van der Waals surface area (Å²) in [5.41, 5.74) is 2.67. The smallest absolute Gasteiger partial charge is 0.0898 e. The number of nitrogens with zero attached hydrogens (tertiary/aromatic N) is 2. The normalized spacial score (nSPS) is 20.7. The van der Waals surface area contributed by atoms with Crippen LogP contribution < -0.4 is 5.32 Å². The number of hydrogen-bond acceptors (Lipinski definition) is 4. The van der Waals surface area contributed by atoms with E-state index >= 15 is 0 Å². The van der Waals surface area contributed by atoms with Gasteiger partial charge in [-0.1, -0.05) is 24.3 Å². The van der Waals surface area contributed by atoms with Gasteiger partial charge < -0.3 is 15.2 Å². The van der Waals surface area contributed by atoms with Gasteiger partial charge in [0.15, 0.2) is 0 Å². The molecule has 2 aromatic rings. The highest BCUT2D eigenvalue weighted by atomic mass is 16.5. The molecule has 0 saturated carbocycles. The molecule has 0 radical (unpaired) electrons. The van der Waals surface area contributed by atoms with Crippen LogP contribution >= 0.6 is 0 Å². The highest BCUT2D eigenvalue weighted by molar-refractivity contribution is 5.31. The first kappa shape index (κ1) is 18.1. The Morgan fingerprint density at radius 1 is 1.32 bits per heavy atom. The Hall–Kier alpha value is -1.69. The third-order valence-corrected chi connectivity index (χ3v) is 5.15. The molecule has 0 amide bonds. The van der Waals surface area contributed by atoms with E-state index in [4.69, 9.17) is 4.74 Å². The molecule has 4 atom stereocenters. The summed E-state index contributed by atoms with van der Waals surface area (Å²) in [6.07, 6.45) is 6.65. The number of aliphatic hydroxyl groups is 1. The van der Waals surface area contributed by atoms with Crippen molar-refractivity contribution in [3.05, 3.63) is 53.9 Å². The number of fused-ring (bicyclic) bond motifs is 1. The van der Waals surface area contributed by atoms with E-state index in [1.165, 1.54) is 11.1 Å². The van der Waals surface area contributed by atoms with Gasteiger partial charge in [0.25, 0.3) is 0 Å². The van der Waals surface area contributed by atoms with E-state index in [0.717, 1.165) is 19.3 Å². The van der Waals surface area contributed by atoms with Crippen LogP contribution in [0, 0.1) is 0 Å². The Bertz CT molecular complexity index is 644. The van der Waals surface area contributed by atoms with Crippen LogP contribution in [0.3, 0.4) is 0 Å². The van der Waals surface area contributed by atoms with Crippen LogP contribution in [0.15, 0.2) is 42.7 Å². The SMILES string of the molecule is C[C@H](NC[C@H](O)CO[C@H]1CCCc2ccccc21)[C@H](C)n1cccn1. The predicted molar refractivity (Wildman–Crippen MR) is 98.5 cm³/mol. The maximum atomic E-state index is 10.3. The molecule has 0 unspecified atom stereocenters. The highest BCUT2D eigenvalue weighted by Gasteiger charge is 2.21. The Morgan fingerprint density at radius 2 is 2.16 bits per heavy atom. The van der Waals surface area contributed by atoms with Gasteiger partial charge in [0, 0.05) is 25.0 Å². The molecule has 3 rings (SSSR count). The molecule has 136 valence electrons. The second-order valence-electron chi connectivity index (χ2n) is 6.99.